The minimum atomic E-state index is -0.0885. The van der Waals surface area contributed by atoms with Gasteiger partial charge in [0.15, 0.2) is 0 Å². The third-order valence-electron chi connectivity index (χ3n) is 1.69. The molecule has 0 aliphatic carbocycles. The Balaban J connectivity index is 3.62. The second-order valence-electron chi connectivity index (χ2n) is 2.44. The Morgan fingerprint density at radius 2 is 1.89 bits per heavy atom. The van der Waals surface area contributed by atoms with Crippen molar-refractivity contribution < 1.29 is 9.47 Å². The molecule has 0 saturated heterocycles. The van der Waals surface area contributed by atoms with Gasteiger partial charge in [-0.15, -0.1) is 0 Å². The fraction of sp³-hybridized carbons (Fsp3) is 1.00. The smallest absolute Gasteiger partial charge is 0.0880 e. The van der Waals surface area contributed by atoms with Crippen LogP contribution in [0.2, 0.25) is 0 Å². The molecule has 0 aromatic heterocycles. The van der Waals surface area contributed by atoms with E-state index >= 15 is 0 Å². The van der Waals surface area contributed by atoms with Crippen molar-refractivity contribution in [2.45, 2.75) is 25.9 Å². The average molecular weight is 132 g/mol. The van der Waals surface area contributed by atoms with E-state index in [1.807, 2.05) is 6.92 Å². The molecular formula is C7H16O2. The largest absolute Gasteiger partial charge is 0.382 e. The van der Waals surface area contributed by atoms with E-state index in [0.717, 1.165) is 6.42 Å². The SMILES string of the molecule is CCC(C)(COC)OC. The third-order valence-corrected chi connectivity index (χ3v) is 1.69. The lowest BCUT2D eigenvalue weighted by molar-refractivity contribution is -0.0528. The standard InChI is InChI=1S/C7H16O2/c1-5-7(2,9-4)6-8-3/h5-6H2,1-4H3. The third kappa shape index (κ3) is 2.82. The van der Waals surface area contributed by atoms with Crippen LogP contribution < -0.4 is 0 Å². The van der Waals surface area contributed by atoms with Crippen molar-refractivity contribution in [3.8, 4) is 0 Å². The zero-order valence-electron chi connectivity index (χ0n) is 6.73. The van der Waals surface area contributed by atoms with E-state index in [1.54, 1.807) is 14.2 Å². The van der Waals surface area contributed by atoms with E-state index in [4.69, 9.17) is 9.47 Å². The number of methoxy groups -OCH3 is 2. The molecule has 0 aliphatic heterocycles. The molecule has 0 aromatic carbocycles. The zero-order valence-corrected chi connectivity index (χ0v) is 6.73. The van der Waals surface area contributed by atoms with Crippen LogP contribution in [-0.4, -0.2) is 26.4 Å². The predicted molar refractivity (Wildman–Crippen MR) is 37.6 cm³/mol. The lowest BCUT2D eigenvalue weighted by Gasteiger charge is -2.25. The monoisotopic (exact) mass is 132 g/mol. The molecule has 1 unspecified atom stereocenters. The molecule has 0 amide bonds. The molecule has 9 heavy (non-hydrogen) atoms. The van der Waals surface area contributed by atoms with Gasteiger partial charge in [-0.05, 0) is 13.3 Å². The van der Waals surface area contributed by atoms with Crippen molar-refractivity contribution in [3.63, 3.8) is 0 Å². The summed E-state index contributed by atoms with van der Waals surface area (Å²) in [4.78, 5) is 0. The molecule has 2 nitrogen and oxygen atoms in total. The molecule has 0 aliphatic rings. The maximum atomic E-state index is 5.20. The Morgan fingerprint density at radius 1 is 1.33 bits per heavy atom. The molecule has 0 N–H and O–H groups in total. The van der Waals surface area contributed by atoms with E-state index < -0.39 is 0 Å². The van der Waals surface area contributed by atoms with Crippen LogP contribution in [0.15, 0.2) is 0 Å². The van der Waals surface area contributed by atoms with Crippen LogP contribution in [0.25, 0.3) is 0 Å². The second kappa shape index (κ2) is 3.85. The van der Waals surface area contributed by atoms with Crippen LogP contribution in [0.4, 0.5) is 0 Å². The van der Waals surface area contributed by atoms with Gasteiger partial charge >= 0.3 is 0 Å². The summed E-state index contributed by atoms with van der Waals surface area (Å²) in [6.07, 6.45) is 0.983. The van der Waals surface area contributed by atoms with Crippen molar-refractivity contribution in [2.75, 3.05) is 20.8 Å². The van der Waals surface area contributed by atoms with Crippen LogP contribution in [0, 0.1) is 0 Å². The second-order valence-corrected chi connectivity index (χ2v) is 2.44. The number of hydrogen-bond acceptors (Lipinski definition) is 2. The van der Waals surface area contributed by atoms with E-state index in [9.17, 15) is 0 Å². The molecule has 0 bridgehead atoms. The molecule has 0 heterocycles. The van der Waals surface area contributed by atoms with Gasteiger partial charge in [-0.1, -0.05) is 6.92 Å². The summed E-state index contributed by atoms with van der Waals surface area (Å²) in [6.45, 7) is 4.79. The average Bonchev–Trinajstić information content (AvgIpc) is 1.89. The molecule has 0 rings (SSSR count). The minimum absolute atomic E-state index is 0.0885. The highest BCUT2D eigenvalue weighted by molar-refractivity contribution is 4.70. The zero-order chi connectivity index (χ0) is 7.33. The summed E-state index contributed by atoms with van der Waals surface area (Å²) in [6, 6.07) is 0. The molecule has 0 radical (unpaired) electrons. The Labute approximate surface area is 57.2 Å². The molecule has 1 atom stereocenters. The van der Waals surface area contributed by atoms with Gasteiger partial charge in [-0.25, -0.2) is 0 Å². The van der Waals surface area contributed by atoms with Gasteiger partial charge in [0.2, 0.25) is 0 Å². The highest BCUT2D eigenvalue weighted by Gasteiger charge is 2.19. The van der Waals surface area contributed by atoms with E-state index in [2.05, 4.69) is 6.92 Å². The van der Waals surface area contributed by atoms with Crippen LogP contribution >= 0.6 is 0 Å². The Morgan fingerprint density at radius 3 is 2.00 bits per heavy atom. The van der Waals surface area contributed by atoms with Crippen LogP contribution in [0.1, 0.15) is 20.3 Å². The molecule has 2 heteroatoms. The minimum Gasteiger partial charge on any atom is -0.382 e. The summed E-state index contributed by atoms with van der Waals surface area (Å²) >= 11 is 0. The molecule has 0 spiro atoms. The predicted octanol–water partition coefficient (Wildman–Crippen LogP) is 1.45. The molecule has 0 saturated carbocycles. The maximum absolute atomic E-state index is 5.20. The number of hydrogen-bond donors (Lipinski definition) is 0. The van der Waals surface area contributed by atoms with E-state index in [0.29, 0.717) is 6.61 Å². The maximum Gasteiger partial charge on any atom is 0.0880 e. The van der Waals surface area contributed by atoms with E-state index in [-0.39, 0.29) is 5.60 Å². The van der Waals surface area contributed by atoms with Gasteiger partial charge in [0.1, 0.15) is 0 Å². The van der Waals surface area contributed by atoms with Gasteiger partial charge in [-0.2, -0.15) is 0 Å². The van der Waals surface area contributed by atoms with Crippen molar-refractivity contribution in [2.24, 2.45) is 0 Å². The van der Waals surface area contributed by atoms with Crippen molar-refractivity contribution in [3.05, 3.63) is 0 Å². The van der Waals surface area contributed by atoms with Gasteiger partial charge < -0.3 is 9.47 Å². The van der Waals surface area contributed by atoms with Gasteiger partial charge in [-0.3, -0.25) is 0 Å². The quantitative estimate of drug-likeness (QED) is 0.576. The van der Waals surface area contributed by atoms with E-state index in [1.165, 1.54) is 0 Å². The van der Waals surface area contributed by atoms with Crippen molar-refractivity contribution >= 4 is 0 Å². The Hall–Kier alpha value is -0.0800. The first kappa shape index (κ1) is 8.92. The van der Waals surface area contributed by atoms with Gasteiger partial charge in [0.25, 0.3) is 0 Å². The first-order valence-electron chi connectivity index (χ1n) is 3.22. The lowest BCUT2D eigenvalue weighted by atomic mass is 10.1. The molecule has 0 aromatic rings. The highest BCUT2D eigenvalue weighted by Crippen LogP contribution is 2.12. The Kier molecular flexibility index (Phi) is 3.82. The summed E-state index contributed by atoms with van der Waals surface area (Å²) in [5.41, 5.74) is -0.0885. The van der Waals surface area contributed by atoms with Gasteiger partial charge in [0, 0.05) is 14.2 Å². The van der Waals surface area contributed by atoms with Gasteiger partial charge in [0.05, 0.1) is 12.2 Å². The number of ether oxygens (including phenoxy) is 2. The lowest BCUT2D eigenvalue weighted by Crippen LogP contribution is -2.31. The fourth-order valence-electron chi connectivity index (χ4n) is 0.611. The molecule has 0 fully saturated rings. The topological polar surface area (TPSA) is 18.5 Å². The molecule has 56 valence electrons. The van der Waals surface area contributed by atoms with Crippen LogP contribution in [-0.2, 0) is 9.47 Å². The molecular weight excluding hydrogens is 116 g/mol. The highest BCUT2D eigenvalue weighted by atomic mass is 16.5. The summed E-state index contributed by atoms with van der Waals surface area (Å²) in [5.74, 6) is 0. The summed E-state index contributed by atoms with van der Waals surface area (Å²) in [7, 11) is 3.40. The first-order valence-corrected chi connectivity index (χ1v) is 3.22. The summed E-state index contributed by atoms with van der Waals surface area (Å²) < 4.78 is 10.2. The fourth-order valence-corrected chi connectivity index (χ4v) is 0.611. The van der Waals surface area contributed by atoms with Crippen LogP contribution in [0.5, 0.6) is 0 Å². The van der Waals surface area contributed by atoms with Crippen LogP contribution in [0.3, 0.4) is 0 Å². The van der Waals surface area contributed by atoms with Crippen molar-refractivity contribution in [1.82, 2.24) is 0 Å². The van der Waals surface area contributed by atoms with Crippen molar-refractivity contribution in [1.29, 1.82) is 0 Å². The first-order chi connectivity index (χ1) is 4.18. The number of rotatable bonds is 4. The summed E-state index contributed by atoms with van der Waals surface area (Å²) in [5, 5.41) is 0. The Bertz CT molecular complexity index is 67.3. The normalized spacial score (nSPS) is 17.3.